The number of piperazine rings is 1. The molecule has 10 nitrogen and oxygen atoms in total. The number of nitrogens with zero attached hydrogens (tertiary/aromatic N) is 5. The van der Waals surface area contributed by atoms with Gasteiger partial charge in [-0.2, -0.15) is 0 Å². The number of carbonyl (C=O) groups is 1. The highest BCUT2D eigenvalue weighted by molar-refractivity contribution is 6.35. The van der Waals surface area contributed by atoms with Crippen LogP contribution in [0.2, 0.25) is 10.0 Å². The third kappa shape index (κ3) is 9.28. The number of halogens is 2. The van der Waals surface area contributed by atoms with Crippen molar-refractivity contribution in [1.82, 2.24) is 20.2 Å². The second-order valence-electron chi connectivity index (χ2n) is 12.1. The Hall–Kier alpha value is -2.99. The molecule has 4 heterocycles. The third-order valence-electron chi connectivity index (χ3n) is 8.88. The van der Waals surface area contributed by atoms with Gasteiger partial charge in [0.15, 0.2) is 0 Å². The lowest BCUT2D eigenvalue weighted by Crippen LogP contribution is -2.61. The average molecular weight is 659 g/mol. The van der Waals surface area contributed by atoms with Gasteiger partial charge in [0, 0.05) is 41.7 Å². The summed E-state index contributed by atoms with van der Waals surface area (Å²) in [7, 11) is 0. The molecule has 0 bridgehead atoms. The zero-order chi connectivity index (χ0) is 31.8. The summed E-state index contributed by atoms with van der Waals surface area (Å²) >= 11 is 12.7. The number of amides is 1. The molecular weight excluding hydrogens is 615 g/mol. The number of hydrogen-bond donors (Lipinski definition) is 3. The van der Waals surface area contributed by atoms with Crippen LogP contribution >= 0.6 is 23.2 Å². The highest BCUT2D eigenvalue weighted by atomic mass is 35.5. The zero-order valence-corrected chi connectivity index (χ0v) is 27.3. The van der Waals surface area contributed by atoms with E-state index >= 15 is 0 Å². The number of rotatable bonds is 12. The Morgan fingerprint density at radius 1 is 1.00 bits per heavy atom. The lowest BCUT2D eigenvalue weighted by atomic mass is 9.96. The highest BCUT2D eigenvalue weighted by Crippen LogP contribution is 2.31. The van der Waals surface area contributed by atoms with Gasteiger partial charge in [0.25, 0.3) is 0 Å². The van der Waals surface area contributed by atoms with Crippen LogP contribution in [-0.2, 0) is 11.3 Å². The van der Waals surface area contributed by atoms with Crippen LogP contribution in [0.15, 0.2) is 48.7 Å². The summed E-state index contributed by atoms with van der Waals surface area (Å²) in [6, 6.07) is 13.3. The van der Waals surface area contributed by atoms with E-state index in [1.54, 1.807) is 19.2 Å². The SMILES string of the molecule is CC(=O)NCC1CCN(Cc2cc(Oc3ccc(N4CC[N+](CCO)(CCO)CC4)nc3)nc(-c3cc(Cl)cc(Cl)c3)c2)CC1. The number of carbonyl (C=O) groups excluding carboxylic acids is 1. The molecule has 2 aromatic heterocycles. The van der Waals surface area contributed by atoms with Crippen LogP contribution in [0.25, 0.3) is 11.3 Å². The summed E-state index contributed by atoms with van der Waals surface area (Å²) in [6.07, 6.45) is 3.78. The number of likely N-dealkylation sites (tertiary alicyclic amines) is 1. The number of pyridine rings is 2. The number of hydrogen-bond acceptors (Lipinski definition) is 8. The van der Waals surface area contributed by atoms with E-state index in [0.717, 1.165) is 92.3 Å². The van der Waals surface area contributed by atoms with Crippen LogP contribution in [0.3, 0.4) is 0 Å². The van der Waals surface area contributed by atoms with Crippen molar-refractivity contribution in [2.75, 3.05) is 77.0 Å². The van der Waals surface area contributed by atoms with Crippen LogP contribution in [0.5, 0.6) is 11.6 Å². The highest BCUT2D eigenvalue weighted by Gasteiger charge is 2.32. The van der Waals surface area contributed by atoms with Gasteiger partial charge in [0.05, 0.1) is 51.3 Å². The second-order valence-corrected chi connectivity index (χ2v) is 13.0. The Morgan fingerprint density at radius 3 is 2.29 bits per heavy atom. The number of aromatic nitrogens is 2. The molecule has 3 N–H and O–H groups in total. The van der Waals surface area contributed by atoms with E-state index in [1.807, 2.05) is 30.3 Å². The smallest absolute Gasteiger partial charge is 0.220 e. The lowest BCUT2D eigenvalue weighted by Gasteiger charge is -2.44. The molecule has 12 heteroatoms. The Morgan fingerprint density at radius 2 is 1.69 bits per heavy atom. The number of aliphatic hydroxyl groups excluding tert-OH is 2. The van der Waals surface area contributed by atoms with Gasteiger partial charge >= 0.3 is 0 Å². The van der Waals surface area contributed by atoms with Crippen molar-refractivity contribution in [3.8, 4) is 22.9 Å². The molecule has 2 fully saturated rings. The molecule has 0 atom stereocenters. The van der Waals surface area contributed by atoms with Gasteiger partial charge in [-0.05, 0) is 73.8 Å². The van der Waals surface area contributed by atoms with Crippen LogP contribution in [0.1, 0.15) is 25.3 Å². The van der Waals surface area contributed by atoms with E-state index in [0.29, 0.717) is 40.7 Å². The predicted octanol–water partition coefficient (Wildman–Crippen LogP) is 4.21. The molecular formula is C33H43Cl2N6O4+. The summed E-state index contributed by atoms with van der Waals surface area (Å²) in [4.78, 5) is 25.5. The minimum absolute atomic E-state index is 0.0191. The number of aliphatic hydroxyl groups is 2. The van der Waals surface area contributed by atoms with Gasteiger partial charge in [0.2, 0.25) is 11.8 Å². The molecule has 2 aliphatic heterocycles. The van der Waals surface area contributed by atoms with E-state index in [-0.39, 0.29) is 19.1 Å². The maximum absolute atomic E-state index is 11.3. The van der Waals surface area contributed by atoms with Crippen LogP contribution in [0.4, 0.5) is 5.82 Å². The number of nitrogens with one attached hydrogen (secondary N) is 1. The van der Waals surface area contributed by atoms with Crippen molar-refractivity contribution < 1.29 is 24.2 Å². The average Bonchev–Trinajstić information content (AvgIpc) is 3.01. The first-order chi connectivity index (χ1) is 21.7. The standard InChI is InChI=1S/C33H42Cl2N6O4/c1-24(44)36-21-25-4-6-39(7-5-25)23-26-16-31(27-18-28(34)20-29(35)19-27)38-33(17-26)45-30-2-3-32(37-22-30)40-8-10-41(11-9-40,12-14-42)13-15-43/h2-3,16-20,22,25,42-43H,4-15,21,23H2,1H3/p+1. The number of ether oxygens (including phenoxy) is 1. The van der Waals surface area contributed by atoms with E-state index in [1.165, 1.54) is 0 Å². The Labute approximate surface area is 275 Å². The fraction of sp³-hybridized carbons (Fsp3) is 0.485. The van der Waals surface area contributed by atoms with Crippen LogP contribution < -0.4 is 15.0 Å². The number of quaternary nitrogens is 1. The third-order valence-corrected chi connectivity index (χ3v) is 9.31. The van der Waals surface area contributed by atoms with Crippen LogP contribution in [-0.4, -0.2) is 108 Å². The molecule has 1 amide bonds. The summed E-state index contributed by atoms with van der Waals surface area (Å²) in [6.45, 7) is 9.76. The normalized spacial score (nSPS) is 17.3. The van der Waals surface area contributed by atoms with Crippen molar-refractivity contribution >= 4 is 34.9 Å². The molecule has 5 rings (SSSR count). The van der Waals surface area contributed by atoms with Gasteiger partial charge in [-0.3, -0.25) is 9.69 Å². The van der Waals surface area contributed by atoms with E-state index < -0.39 is 0 Å². The quantitative estimate of drug-likeness (QED) is 0.249. The molecule has 1 aromatic carbocycles. The molecule has 0 aliphatic carbocycles. The Balaban J connectivity index is 1.29. The fourth-order valence-corrected chi connectivity index (χ4v) is 6.82. The monoisotopic (exact) mass is 657 g/mol. The van der Waals surface area contributed by atoms with Crippen molar-refractivity contribution in [3.63, 3.8) is 0 Å². The largest absolute Gasteiger partial charge is 0.437 e. The number of benzene rings is 1. The molecule has 45 heavy (non-hydrogen) atoms. The summed E-state index contributed by atoms with van der Waals surface area (Å²) in [5.41, 5.74) is 2.60. The van der Waals surface area contributed by atoms with E-state index in [2.05, 4.69) is 26.2 Å². The molecule has 0 saturated carbocycles. The first-order valence-electron chi connectivity index (χ1n) is 15.6. The van der Waals surface area contributed by atoms with Crippen molar-refractivity contribution in [3.05, 3.63) is 64.3 Å². The minimum atomic E-state index is 0.0191. The van der Waals surface area contributed by atoms with Crippen molar-refractivity contribution in [2.24, 2.45) is 5.92 Å². The minimum Gasteiger partial charge on any atom is -0.437 e. The molecule has 0 unspecified atom stereocenters. The van der Waals surface area contributed by atoms with Crippen LogP contribution in [0, 0.1) is 5.92 Å². The Kier molecular flexibility index (Phi) is 11.5. The van der Waals surface area contributed by atoms with Crippen molar-refractivity contribution in [2.45, 2.75) is 26.3 Å². The number of anilines is 1. The van der Waals surface area contributed by atoms with Gasteiger partial charge in [0.1, 0.15) is 24.7 Å². The summed E-state index contributed by atoms with van der Waals surface area (Å²) in [5, 5.41) is 23.1. The second kappa shape index (κ2) is 15.5. The zero-order valence-electron chi connectivity index (χ0n) is 25.8. The first-order valence-corrected chi connectivity index (χ1v) is 16.4. The molecule has 242 valence electrons. The fourth-order valence-electron chi connectivity index (χ4n) is 6.29. The molecule has 0 spiro atoms. The van der Waals surface area contributed by atoms with E-state index in [4.69, 9.17) is 32.9 Å². The van der Waals surface area contributed by atoms with E-state index in [9.17, 15) is 15.0 Å². The first kappa shape index (κ1) is 33.4. The maximum atomic E-state index is 11.3. The Bertz CT molecular complexity index is 1400. The van der Waals surface area contributed by atoms with Gasteiger partial charge in [-0.25, -0.2) is 9.97 Å². The summed E-state index contributed by atoms with van der Waals surface area (Å²) in [5.74, 6) is 2.42. The van der Waals surface area contributed by atoms with Gasteiger partial charge in [-0.1, -0.05) is 23.2 Å². The lowest BCUT2D eigenvalue weighted by molar-refractivity contribution is -0.929. The van der Waals surface area contributed by atoms with Gasteiger partial charge < -0.3 is 29.6 Å². The maximum Gasteiger partial charge on any atom is 0.220 e. The molecule has 3 aromatic rings. The molecule has 2 aliphatic rings. The number of piperidine rings is 1. The molecule has 0 radical (unpaired) electrons. The van der Waals surface area contributed by atoms with Crippen molar-refractivity contribution in [1.29, 1.82) is 0 Å². The topological polar surface area (TPSA) is 111 Å². The molecule has 2 saturated heterocycles. The predicted molar refractivity (Wildman–Crippen MR) is 177 cm³/mol. The van der Waals surface area contributed by atoms with Gasteiger partial charge in [-0.15, -0.1) is 0 Å². The summed E-state index contributed by atoms with van der Waals surface area (Å²) < 4.78 is 6.99.